The highest BCUT2D eigenvalue weighted by atomic mass is 19.4. The third-order valence-electron chi connectivity index (χ3n) is 2.55. The first-order valence-corrected chi connectivity index (χ1v) is 5.87. The zero-order valence-electron chi connectivity index (χ0n) is 10.3. The molecule has 18 heavy (non-hydrogen) atoms. The summed E-state index contributed by atoms with van der Waals surface area (Å²) in [4.78, 5) is 0. The first kappa shape index (κ1) is 15.0. The van der Waals surface area contributed by atoms with Crippen LogP contribution < -0.4 is 5.73 Å². The summed E-state index contributed by atoms with van der Waals surface area (Å²) in [5.74, 6) is 0. The molecule has 0 aromatic heterocycles. The summed E-state index contributed by atoms with van der Waals surface area (Å²) >= 11 is 0. The van der Waals surface area contributed by atoms with Crippen LogP contribution in [0.2, 0.25) is 0 Å². The van der Waals surface area contributed by atoms with Crippen LogP contribution in [0.1, 0.15) is 30.1 Å². The maximum absolute atomic E-state index is 12.0. The Morgan fingerprint density at radius 1 is 1.33 bits per heavy atom. The molecule has 1 aromatic carbocycles. The Labute approximate surface area is 105 Å². The summed E-state index contributed by atoms with van der Waals surface area (Å²) in [6.07, 6.45) is -5.31. The van der Waals surface area contributed by atoms with Gasteiger partial charge in [-0.2, -0.15) is 13.2 Å². The zero-order valence-corrected chi connectivity index (χ0v) is 10.3. The van der Waals surface area contributed by atoms with Crippen LogP contribution in [0, 0.1) is 6.92 Å². The molecular formula is C13H18F3NO. The first-order valence-electron chi connectivity index (χ1n) is 5.87. The third-order valence-corrected chi connectivity index (χ3v) is 2.55. The minimum Gasteiger partial charge on any atom is -0.372 e. The Hall–Kier alpha value is -1.07. The van der Waals surface area contributed by atoms with Gasteiger partial charge in [-0.1, -0.05) is 29.8 Å². The van der Waals surface area contributed by atoms with Crippen LogP contribution in [-0.2, 0) is 4.74 Å². The number of aryl methyl sites for hydroxylation is 1. The lowest BCUT2D eigenvalue weighted by Crippen LogP contribution is -2.17. The van der Waals surface area contributed by atoms with Crippen LogP contribution in [-0.4, -0.2) is 19.3 Å². The Morgan fingerprint density at radius 3 is 2.61 bits per heavy atom. The Balaban J connectivity index is 2.43. The fourth-order valence-electron chi connectivity index (χ4n) is 1.67. The summed E-state index contributed by atoms with van der Waals surface area (Å²) in [6, 6.07) is 7.63. The van der Waals surface area contributed by atoms with E-state index in [0.717, 1.165) is 11.1 Å². The molecule has 0 heterocycles. The van der Waals surface area contributed by atoms with Crippen LogP contribution >= 0.6 is 0 Å². The van der Waals surface area contributed by atoms with Crippen LogP contribution in [0.4, 0.5) is 13.2 Å². The van der Waals surface area contributed by atoms with Crippen LogP contribution in [0.3, 0.4) is 0 Å². The van der Waals surface area contributed by atoms with Crippen LogP contribution in [0.25, 0.3) is 0 Å². The van der Waals surface area contributed by atoms with E-state index in [9.17, 15) is 13.2 Å². The first-order chi connectivity index (χ1) is 8.42. The number of benzene rings is 1. The van der Waals surface area contributed by atoms with Crippen molar-refractivity contribution < 1.29 is 17.9 Å². The predicted octanol–water partition coefficient (Wildman–Crippen LogP) is 3.35. The molecule has 2 N–H and O–H groups in total. The van der Waals surface area contributed by atoms with E-state index in [0.29, 0.717) is 0 Å². The maximum atomic E-state index is 12.0. The number of rotatable bonds is 6. The molecule has 0 radical (unpaired) electrons. The Kier molecular flexibility index (Phi) is 5.62. The second-order valence-corrected chi connectivity index (χ2v) is 4.23. The monoisotopic (exact) mass is 261 g/mol. The Bertz CT molecular complexity index is 365. The van der Waals surface area contributed by atoms with E-state index in [1.165, 1.54) is 0 Å². The lowest BCUT2D eigenvalue weighted by atomic mass is 10.1. The van der Waals surface area contributed by atoms with Gasteiger partial charge in [0.25, 0.3) is 0 Å². The lowest BCUT2D eigenvalue weighted by Gasteiger charge is -2.17. The van der Waals surface area contributed by atoms with Gasteiger partial charge in [0.2, 0.25) is 0 Å². The van der Waals surface area contributed by atoms with E-state index in [-0.39, 0.29) is 25.7 Å². The quantitative estimate of drug-likeness (QED) is 0.797. The molecule has 1 aromatic rings. The predicted molar refractivity (Wildman–Crippen MR) is 64.2 cm³/mol. The second-order valence-electron chi connectivity index (χ2n) is 4.23. The molecule has 0 spiro atoms. The second kappa shape index (κ2) is 6.75. The molecule has 5 heteroatoms. The topological polar surface area (TPSA) is 35.2 Å². The highest BCUT2D eigenvalue weighted by molar-refractivity contribution is 5.24. The number of hydrogen-bond acceptors (Lipinski definition) is 2. The van der Waals surface area contributed by atoms with Gasteiger partial charge in [0, 0.05) is 19.6 Å². The molecule has 102 valence electrons. The molecule has 0 aliphatic rings. The highest BCUT2D eigenvalue weighted by Crippen LogP contribution is 2.23. The van der Waals surface area contributed by atoms with E-state index in [1.54, 1.807) is 0 Å². The minimum absolute atomic E-state index is 0.0359. The zero-order chi connectivity index (χ0) is 13.6. The molecule has 0 saturated carbocycles. The number of nitrogens with two attached hydrogens (primary N) is 1. The third kappa shape index (κ3) is 5.51. The summed E-state index contributed by atoms with van der Waals surface area (Å²) < 4.78 is 41.3. The SMILES string of the molecule is Cc1cccc(C(CN)OCCCC(F)(F)F)c1. The van der Waals surface area contributed by atoms with Crippen LogP contribution in [0.5, 0.6) is 0 Å². The van der Waals surface area contributed by atoms with E-state index >= 15 is 0 Å². The molecule has 0 bridgehead atoms. The molecule has 0 saturated heterocycles. The summed E-state index contributed by atoms with van der Waals surface area (Å²) in [7, 11) is 0. The van der Waals surface area contributed by atoms with Gasteiger partial charge in [-0.25, -0.2) is 0 Å². The average molecular weight is 261 g/mol. The summed E-state index contributed by atoms with van der Waals surface area (Å²) in [5.41, 5.74) is 7.56. The van der Waals surface area contributed by atoms with Crippen molar-refractivity contribution in [1.29, 1.82) is 0 Å². The lowest BCUT2D eigenvalue weighted by molar-refractivity contribution is -0.138. The van der Waals surface area contributed by atoms with Crippen molar-refractivity contribution in [3.8, 4) is 0 Å². The molecule has 1 atom stereocenters. The van der Waals surface area contributed by atoms with E-state index < -0.39 is 12.6 Å². The van der Waals surface area contributed by atoms with Gasteiger partial charge < -0.3 is 10.5 Å². The van der Waals surface area contributed by atoms with Crippen molar-refractivity contribution in [2.24, 2.45) is 5.73 Å². The summed E-state index contributed by atoms with van der Waals surface area (Å²) in [6.45, 7) is 2.27. The largest absolute Gasteiger partial charge is 0.389 e. The maximum Gasteiger partial charge on any atom is 0.389 e. The van der Waals surface area contributed by atoms with Crippen molar-refractivity contribution in [3.05, 3.63) is 35.4 Å². The van der Waals surface area contributed by atoms with Crippen molar-refractivity contribution in [2.45, 2.75) is 32.0 Å². The molecular weight excluding hydrogens is 243 g/mol. The fourth-order valence-corrected chi connectivity index (χ4v) is 1.67. The minimum atomic E-state index is -4.12. The normalized spacial score (nSPS) is 13.6. The van der Waals surface area contributed by atoms with Gasteiger partial charge in [-0.15, -0.1) is 0 Å². The van der Waals surface area contributed by atoms with Gasteiger partial charge in [0.1, 0.15) is 0 Å². The molecule has 0 aliphatic heterocycles. The molecule has 0 fully saturated rings. The van der Waals surface area contributed by atoms with Gasteiger partial charge >= 0.3 is 6.18 Å². The van der Waals surface area contributed by atoms with Crippen molar-refractivity contribution in [3.63, 3.8) is 0 Å². The molecule has 2 nitrogen and oxygen atoms in total. The van der Waals surface area contributed by atoms with Crippen molar-refractivity contribution in [1.82, 2.24) is 0 Å². The molecule has 1 unspecified atom stereocenters. The van der Waals surface area contributed by atoms with E-state index in [2.05, 4.69) is 0 Å². The summed E-state index contributed by atoms with van der Waals surface area (Å²) in [5, 5.41) is 0. The van der Waals surface area contributed by atoms with Crippen molar-refractivity contribution in [2.75, 3.05) is 13.2 Å². The van der Waals surface area contributed by atoms with E-state index in [1.807, 2.05) is 31.2 Å². The van der Waals surface area contributed by atoms with Gasteiger partial charge in [-0.05, 0) is 18.9 Å². The van der Waals surface area contributed by atoms with Gasteiger partial charge in [0.05, 0.1) is 6.10 Å². The fraction of sp³-hybridized carbons (Fsp3) is 0.538. The Morgan fingerprint density at radius 2 is 2.06 bits per heavy atom. The number of halogens is 3. The number of alkyl halides is 3. The van der Waals surface area contributed by atoms with Crippen molar-refractivity contribution >= 4 is 0 Å². The molecule has 0 aliphatic carbocycles. The highest BCUT2D eigenvalue weighted by Gasteiger charge is 2.26. The van der Waals surface area contributed by atoms with Gasteiger partial charge in [-0.3, -0.25) is 0 Å². The van der Waals surface area contributed by atoms with E-state index in [4.69, 9.17) is 10.5 Å². The standard InChI is InChI=1S/C13H18F3NO/c1-10-4-2-5-11(8-10)12(9-17)18-7-3-6-13(14,15)16/h2,4-5,8,12H,3,6-7,9,17H2,1H3. The van der Waals surface area contributed by atoms with Crippen LogP contribution in [0.15, 0.2) is 24.3 Å². The average Bonchev–Trinajstić information content (AvgIpc) is 2.27. The molecule has 0 amide bonds. The molecule has 1 rings (SSSR count). The van der Waals surface area contributed by atoms with Gasteiger partial charge in [0.15, 0.2) is 0 Å². The smallest absolute Gasteiger partial charge is 0.372 e. The number of hydrogen-bond donors (Lipinski definition) is 1. The number of ether oxygens (including phenoxy) is 1.